The molecule has 30 heavy (non-hydrogen) atoms. The zero-order chi connectivity index (χ0) is 23.1. The zero-order valence-electron chi connectivity index (χ0n) is 18.7. The van der Waals surface area contributed by atoms with Gasteiger partial charge in [-0.05, 0) is 47.3 Å². The number of carbonyl (C=O) groups is 2. The molecule has 0 fully saturated rings. The Morgan fingerprint density at radius 3 is 2.50 bits per heavy atom. The number of esters is 1. The molecular weight excluding hydrogens is 499 g/mol. The summed E-state index contributed by atoms with van der Waals surface area (Å²) in [7, 11) is 0. The monoisotopic (exact) mass is 536 g/mol. The molecule has 0 amide bonds. The number of hydrogen-bond donors (Lipinski definition) is 3. The van der Waals surface area contributed by atoms with Crippen LogP contribution in [0, 0.1) is 17.3 Å². The van der Waals surface area contributed by atoms with E-state index in [0.717, 1.165) is 17.6 Å². The van der Waals surface area contributed by atoms with Crippen LogP contribution in [0.1, 0.15) is 66.7 Å². The molecule has 1 aliphatic rings. The Morgan fingerprint density at radius 2 is 1.93 bits per heavy atom. The average Bonchev–Trinajstić information content (AvgIpc) is 2.71. The van der Waals surface area contributed by atoms with Crippen molar-refractivity contribution in [3.8, 4) is 0 Å². The SMILES string of the molecule is C/C(=C\I)[C@@H]1C/C=C(/CO)CCC[C@H](C)C(O)[C@@H](C)C(=O)C(C)(C)[C@@H](O)CC(=O)O1. The standard InChI is InChI=1S/C23H37IO6/c1-14-7-6-8-17(13-25)9-10-18(15(2)12-24)30-20(27)11-19(26)23(4,5)22(29)16(3)21(14)28/h9,12,14,16,18-19,21,25-26,28H,6-8,10-11,13H2,1-5H3/b15-12+,17-9+/t14-,16+,18-,19-,21?/m0/s1. The van der Waals surface area contributed by atoms with Crippen molar-refractivity contribution in [2.24, 2.45) is 17.3 Å². The van der Waals surface area contributed by atoms with Gasteiger partial charge in [-0.3, -0.25) is 9.59 Å². The highest BCUT2D eigenvalue weighted by atomic mass is 127. The Kier molecular flexibility index (Phi) is 11.2. The van der Waals surface area contributed by atoms with Gasteiger partial charge in [0.1, 0.15) is 11.9 Å². The predicted molar refractivity (Wildman–Crippen MR) is 125 cm³/mol. The molecule has 0 aromatic heterocycles. The molecule has 0 saturated carbocycles. The Labute approximate surface area is 193 Å². The van der Waals surface area contributed by atoms with Gasteiger partial charge < -0.3 is 20.1 Å². The third-order valence-electron chi connectivity index (χ3n) is 6.27. The van der Waals surface area contributed by atoms with Crippen molar-refractivity contribution in [2.75, 3.05) is 6.61 Å². The second-order valence-corrected chi connectivity index (χ2v) is 9.67. The van der Waals surface area contributed by atoms with E-state index in [1.165, 1.54) is 0 Å². The number of Topliss-reactive ketones (excluding diaryl/α,β-unsaturated/α-hetero) is 1. The quantitative estimate of drug-likeness (QED) is 0.283. The Bertz CT molecular complexity index is 654. The molecule has 3 N–H and O–H groups in total. The lowest BCUT2D eigenvalue weighted by atomic mass is 9.73. The molecule has 1 aliphatic heterocycles. The number of aliphatic hydroxyl groups is 3. The van der Waals surface area contributed by atoms with Gasteiger partial charge in [0.15, 0.2) is 0 Å². The Morgan fingerprint density at radius 1 is 1.30 bits per heavy atom. The zero-order valence-corrected chi connectivity index (χ0v) is 20.9. The van der Waals surface area contributed by atoms with Crippen molar-refractivity contribution < 1.29 is 29.6 Å². The Hall–Kier alpha value is -0.770. The van der Waals surface area contributed by atoms with E-state index in [0.29, 0.717) is 19.3 Å². The average molecular weight is 536 g/mol. The van der Waals surface area contributed by atoms with Crippen molar-refractivity contribution in [1.29, 1.82) is 0 Å². The molecular formula is C23H37IO6. The lowest BCUT2D eigenvalue weighted by molar-refractivity contribution is -0.154. The molecule has 1 heterocycles. The van der Waals surface area contributed by atoms with E-state index in [4.69, 9.17) is 4.74 Å². The van der Waals surface area contributed by atoms with Crippen LogP contribution in [-0.2, 0) is 14.3 Å². The summed E-state index contributed by atoms with van der Waals surface area (Å²) >= 11 is 2.09. The van der Waals surface area contributed by atoms with Gasteiger partial charge in [0.05, 0.1) is 30.7 Å². The fraction of sp³-hybridized carbons (Fsp3) is 0.739. The van der Waals surface area contributed by atoms with Gasteiger partial charge in [0.2, 0.25) is 0 Å². The first-order chi connectivity index (χ1) is 13.9. The maximum atomic E-state index is 13.0. The number of rotatable bonds is 2. The Balaban J connectivity index is 3.22. The van der Waals surface area contributed by atoms with Crippen LogP contribution in [0.4, 0.5) is 0 Å². The van der Waals surface area contributed by atoms with Crippen molar-refractivity contribution in [2.45, 2.75) is 85.0 Å². The highest BCUT2D eigenvalue weighted by Crippen LogP contribution is 2.32. The summed E-state index contributed by atoms with van der Waals surface area (Å²) in [6, 6.07) is 0. The van der Waals surface area contributed by atoms with E-state index in [-0.39, 0.29) is 24.7 Å². The van der Waals surface area contributed by atoms with Crippen LogP contribution < -0.4 is 0 Å². The summed E-state index contributed by atoms with van der Waals surface area (Å²) in [6.45, 7) is 8.58. The van der Waals surface area contributed by atoms with Crippen LogP contribution >= 0.6 is 22.6 Å². The minimum atomic E-state index is -1.22. The molecule has 5 atom stereocenters. The van der Waals surface area contributed by atoms with Gasteiger partial charge in [-0.2, -0.15) is 0 Å². The van der Waals surface area contributed by atoms with Crippen LogP contribution in [0.2, 0.25) is 0 Å². The first-order valence-corrected chi connectivity index (χ1v) is 11.9. The maximum Gasteiger partial charge on any atom is 0.309 e. The van der Waals surface area contributed by atoms with Gasteiger partial charge in [0.25, 0.3) is 0 Å². The molecule has 0 bridgehead atoms. The molecule has 6 nitrogen and oxygen atoms in total. The molecule has 0 saturated heterocycles. The van der Waals surface area contributed by atoms with Crippen molar-refractivity contribution >= 4 is 34.3 Å². The molecule has 1 rings (SSSR count). The first kappa shape index (κ1) is 27.3. The van der Waals surface area contributed by atoms with E-state index in [1.807, 2.05) is 24.0 Å². The summed E-state index contributed by atoms with van der Waals surface area (Å²) in [5.74, 6) is -1.63. The number of ketones is 1. The summed E-state index contributed by atoms with van der Waals surface area (Å²) in [5.41, 5.74) is 0.536. The normalized spacial score (nSPS) is 34.8. The molecule has 7 heteroatoms. The smallest absolute Gasteiger partial charge is 0.309 e. The largest absolute Gasteiger partial charge is 0.457 e. The van der Waals surface area contributed by atoms with Gasteiger partial charge in [-0.1, -0.05) is 56.4 Å². The van der Waals surface area contributed by atoms with E-state index in [1.54, 1.807) is 20.8 Å². The van der Waals surface area contributed by atoms with Crippen LogP contribution in [0.25, 0.3) is 0 Å². The van der Waals surface area contributed by atoms with Gasteiger partial charge in [0, 0.05) is 12.3 Å². The van der Waals surface area contributed by atoms with Crippen molar-refractivity contribution in [3.63, 3.8) is 0 Å². The van der Waals surface area contributed by atoms with E-state index >= 15 is 0 Å². The van der Waals surface area contributed by atoms with Gasteiger partial charge in [-0.25, -0.2) is 0 Å². The topological polar surface area (TPSA) is 104 Å². The molecule has 0 aliphatic carbocycles. The number of cyclic esters (lactones) is 1. The predicted octanol–water partition coefficient (Wildman–Crippen LogP) is 3.71. The lowest BCUT2D eigenvalue weighted by Crippen LogP contribution is -2.45. The molecule has 0 aromatic carbocycles. The number of hydrogen-bond acceptors (Lipinski definition) is 6. The highest BCUT2D eigenvalue weighted by molar-refractivity contribution is 14.1. The van der Waals surface area contributed by atoms with E-state index in [9.17, 15) is 24.9 Å². The highest BCUT2D eigenvalue weighted by Gasteiger charge is 2.42. The lowest BCUT2D eigenvalue weighted by Gasteiger charge is -2.34. The second kappa shape index (κ2) is 12.3. The molecule has 0 spiro atoms. The number of carbonyl (C=O) groups excluding carboxylic acids is 2. The number of aliphatic hydroxyl groups excluding tert-OH is 3. The molecule has 172 valence electrons. The van der Waals surface area contributed by atoms with Gasteiger partial charge >= 0.3 is 5.97 Å². The molecule has 1 unspecified atom stereocenters. The van der Waals surface area contributed by atoms with Crippen LogP contribution in [0.5, 0.6) is 0 Å². The number of ether oxygens (including phenoxy) is 1. The van der Waals surface area contributed by atoms with E-state index < -0.39 is 35.6 Å². The van der Waals surface area contributed by atoms with Gasteiger partial charge in [-0.15, -0.1) is 0 Å². The summed E-state index contributed by atoms with van der Waals surface area (Å²) in [5, 5.41) is 31.0. The summed E-state index contributed by atoms with van der Waals surface area (Å²) in [4.78, 5) is 25.5. The summed E-state index contributed by atoms with van der Waals surface area (Å²) < 4.78 is 7.44. The first-order valence-electron chi connectivity index (χ1n) is 10.6. The van der Waals surface area contributed by atoms with Crippen LogP contribution in [0.3, 0.4) is 0 Å². The third kappa shape index (κ3) is 7.43. The minimum Gasteiger partial charge on any atom is -0.457 e. The van der Waals surface area contributed by atoms with Crippen molar-refractivity contribution in [1.82, 2.24) is 0 Å². The van der Waals surface area contributed by atoms with Crippen molar-refractivity contribution in [3.05, 3.63) is 21.3 Å². The van der Waals surface area contributed by atoms with Crippen LogP contribution in [-0.4, -0.2) is 52.0 Å². The number of halogens is 1. The minimum absolute atomic E-state index is 0.0770. The fourth-order valence-electron chi connectivity index (χ4n) is 3.76. The second-order valence-electron chi connectivity index (χ2n) is 9.04. The maximum absolute atomic E-state index is 13.0. The molecule has 0 aromatic rings. The van der Waals surface area contributed by atoms with E-state index in [2.05, 4.69) is 22.6 Å². The fourth-order valence-corrected chi connectivity index (χ4v) is 4.16. The van der Waals surface area contributed by atoms with Crippen LogP contribution in [0.15, 0.2) is 21.3 Å². The third-order valence-corrected chi connectivity index (χ3v) is 7.25. The molecule has 0 radical (unpaired) electrons. The summed E-state index contributed by atoms with van der Waals surface area (Å²) in [6.07, 6.45) is 1.63.